The van der Waals surface area contributed by atoms with E-state index in [4.69, 9.17) is 4.74 Å². The molecular weight excluding hydrogens is 352 g/mol. The lowest BCUT2D eigenvalue weighted by atomic mass is 10.1. The average Bonchev–Trinajstić information content (AvgIpc) is 2.66. The van der Waals surface area contributed by atoms with Crippen molar-refractivity contribution in [3.8, 4) is 5.75 Å². The van der Waals surface area contributed by atoms with Crippen molar-refractivity contribution in [3.63, 3.8) is 0 Å². The van der Waals surface area contributed by atoms with Gasteiger partial charge in [-0.1, -0.05) is 35.9 Å². The molecule has 0 saturated heterocycles. The molecule has 6 heteroatoms. The number of benzene rings is 2. The number of carbonyl (C=O) groups excluding carboxylic acids is 1. The maximum Gasteiger partial charge on any atom is 0.221 e. The number of hydrogen-bond acceptors (Lipinski definition) is 3. The molecule has 0 spiro atoms. The molecular formula is C22H30N4O2. The van der Waals surface area contributed by atoms with Crippen LogP contribution in [0.25, 0.3) is 0 Å². The van der Waals surface area contributed by atoms with Gasteiger partial charge in [-0.15, -0.1) is 0 Å². The molecule has 0 aliphatic rings. The van der Waals surface area contributed by atoms with Crippen molar-refractivity contribution >= 4 is 17.6 Å². The molecule has 0 heterocycles. The van der Waals surface area contributed by atoms with E-state index in [1.54, 1.807) is 6.07 Å². The molecule has 0 aliphatic carbocycles. The minimum absolute atomic E-state index is 0.103. The number of hydrogen-bond donors (Lipinski definition) is 2. The van der Waals surface area contributed by atoms with Crippen LogP contribution in [0.4, 0.5) is 5.69 Å². The second-order valence-corrected chi connectivity index (χ2v) is 6.63. The first kappa shape index (κ1) is 21.3. The van der Waals surface area contributed by atoms with E-state index in [2.05, 4.69) is 58.6 Å². The summed E-state index contributed by atoms with van der Waals surface area (Å²) in [5, 5.41) is 6.07. The highest BCUT2D eigenvalue weighted by Crippen LogP contribution is 2.17. The topological polar surface area (TPSA) is 66.0 Å². The molecule has 0 aromatic heterocycles. The smallest absolute Gasteiger partial charge is 0.221 e. The lowest BCUT2D eigenvalue weighted by molar-refractivity contribution is -0.114. The summed E-state index contributed by atoms with van der Waals surface area (Å²) in [6.45, 7) is 8.20. The molecule has 0 fully saturated rings. The Morgan fingerprint density at radius 3 is 2.61 bits per heavy atom. The summed E-state index contributed by atoms with van der Waals surface area (Å²) in [6.07, 6.45) is 0. The number of guanidine groups is 1. The van der Waals surface area contributed by atoms with Gasteiger partial charge in [0.25, 0.3) is 0 Å². The van der Waals surface area contributed by atoms with Crippen molar-refractivity contribution in [1.82, 2.24) is 10.2 Å². The van der Waals surface area contributed by atoms with Crippen LogP contribution in [-0.4, -0.2) is 43.5 Å². The summed E-state index contributed by atoms with van der Waals surface area (Å²) in [6, 6.07) is 15.9. The maximum atomic E-state index is 11.2. The molecule has 2 N–H and O–H groups in total. The molecule has 0 atom stereocenters. The summed E-state index contributed by atoms with van der Waals surface area (Å²) < 4.78 is 5.76. The van der Waals surface area contributed by atoms with Gasteiger partial charge < -0.3 is 20.3 Å². The summed E-state index contributed by atoms with van der Waals surface area (Å²) >= 11 is 0. The highest BCUT2D eigenvalue weighted by atomic mass is 16.5. The van der Waals surface area contributed by atoms with Crippen LogP contribution >= 0.6 is 0 Å². The zero-order valence-corrected chi connectivity index (χ0v) is 17.2. The molecule has 1 amide bonds. The van der Waals surface area contributed by atoms with Gasteiger partial charge in [0.1, 0.15) is 12.4 Å². The van der Waals surface area contributed by atoms with Crippen LogP contribution in [0.5, 0.6) is 5.75 Å². The van der Waals surface area contributed by atoms with Crippen molar-refractivity contribution in [3.05, 3.63) is 59.7 Å². The Hall–Kier alpha value is -3.02. The van der Waals surface area contributed by atoms with Crippen LogP contribution in [0.15, 0.2) is 53.5 Å². The van der Waals surface area contributed by atoms with E-state index in [9.17, 15) is 4.79 Å². The molecule has 28 heavy (non-hydrogen) atoms. The Morgan fingerprint density at radius 1 is 1.18 bits per heavy atom. The molecule has 0 unspecified atom stereocenters. The molecule has 2 aromatic carbocycles. The normalized spacial score (nSPS) is 11.1. The summed E-state index contributed by atoms with van der Waals surface area (Å²) in [7, 11) is 2.03. The summed E-state index contributed by atoms with van der Waals surface area (Å²) in [5.74, 6) is 1.45. The van der Waals surface area contributed by atoms with Gasteiger partial charge in [0, 0.05) is 38.8 Å². The Morgan fingerprint density at radius 2 is 1.93 bits per heavy atom. The van der Waals surface area contributed by atoms with E-state index < -0.39 is 0 Å². The molecule has 0 bridgehead atoms. The number of anilines is 1. The van der Waals surface area contributed by atoms with Gasteiger partial charge in [-0.25, -0.2) is 4.99 Å². The lowest BCUT2D eigenvalue weighted by Crippen LogP contribution is -2.38. The van der Waals surface area contributed by atoms with E-state index in [1.165, 1.54) is 18.1 Å². The van der Waals surface area contributed by atoms with Crippen molar-refractivity contribution in [2.75, 3.05) is 32.1 Å². The minimum atomic E-state index is -0.103. The predicted octanol–water partition coefficient (Wildman–Crippen LogP) is 3.43. The number of nitrogens with zero attached hydrogens (tertiary/aromatic N) is 2. The molecule has 6 nitrogen and oxygen atoms in total. The highest BCUT2D eigenvalue weighted by molar-refractivity contribution is 5.88. The summed E-state index contributed by atoms with van der Waals surface area (Å²) in [5.41, 5.74) is 3.22. The molecule has 0 saturated carbocycles. The standard InChI is InChI=1S/C22H30N4O2/c1-5-23-22(26(4)16-19-11-9-17(2)10-12-19)24-13-14-28-21-8-6-7-20(15-21)25-18(3)27/h6-12,15H,5,13-14,16H2,1-4H3,(H,23,24)(H,25,27). The number of rotatable bonds is 8. The number of aliphatic imine (C=N–C) groups is 1. The third-order valence-electron chi connectivity index (χ3n) is 4.01. The van der Waals surface area contributed by atoms with Crippen molar-refractivity contribution in [1.29, 1.82) is 0 Å². The van der Waals surface area contributed by atoms with Gasteiger partial charge in [-0.2, -0.15) is 0 Å². The van der Waals surface area contributed by atoms with E-state index >= 15 is 0 Å². The second-order valence-electron chi connectivity index (χ2n) is 6.63. The minimum Gasteiger partial charge on any atom is -0.492 e. The fraction of sp³-hybridized carbons (Fsp3) is 0.364. The largest absolute Gasteiger partial charge is 0.492 e. The van der Waals surface area contributed by atoms with Crippen LogP contribution in [0, 0.1) is 6.92 Å². The van der Waals surface area contributed by atoms with Gasteiger partial charge in [0.05, 0.1) is 6.54 Å². The van der Waals surface area contributed by atoms with Gasteiger partial charge in [0.2, 0.25) is 5.91 Å². The maximum absolute atomic E-state index is 11.2. The van der Waals surface area contributed by atoms with E-state index in [0.717, 1.165) is 24.7 Å². The quantitative estimate of drug-likeness (QED) is 0.417. The molecule has 150 valence electrons. The van der Waals surface area contributed by atoms with Crippen molar-refractivity contribution < 1.29 is 9.53 Å². The van der Waals surface area contributed by atoms with Gasteiger partial charge in [0.15, 0.2) is 5.96 Å². The molecule has 2 rings (SSSR count). The second kappa shape index (κ2) is 11.0. The summed E-state index contributed by atoms with van der Waals surface area (Å²) in [4.78, 5) is 17.9. The fourth-order valence-electron chi connectivity index (χ4n) is 2.69. The first-order chi connectivity index (χ1) is 13.5. The first-order valence-corrected chi connectivity index (χ1v) is 9.53. The van der Waals surface area contributed by atoms with Crippen molar-refractivity contribution in [2.24, 2.45) is 4.99 Å². The van der Waals surface area contributed by atoms with Crippen LogP contribution in [0.2, 0.25) is 0 Å². The third kappa shape index (κ3) is 7.31. The van der Waals surface area contributed by atoms with Crippen LogP contribution in [0.3, 0.4) is 0 Å². The van der Waals surface area contributed by atoms with Gasteiger partial charge >= 0.3 is 0 Å². The Kier molecular flexibility index (Phi) is 8.34. The molecule has 0 radical (unpaired) electrons. The SMILES string of the molecule is CCNC(=NCCOc1cccc(NC(C)=O)c1)N(C)Cc1ccc(C)cc1. The van der Waals surface area contributed by atoms with Crippen LogP contribution in [-0.2, 0) is 11.3 Å². The molecule has 2 aromatic rings. The van der Waals surface area contributed by atoms with E-state index in [1.807, 2.05) is 25.2 Å². The third-order valence-corrected chi connectivity index (χ3v) is 4.01. The fourth-order valence-corrected chi connectivity index (χ4v) is 2.69. The van der Waals surface area contributed by atoms with Gasteiger partial charge in [-0.3, -0.25) is 4.79 Å². The number of aryl methyl sites for hydroxylation is 1. The van der Waals surface area contributed by atoms with Crippen molar-refractivity contribution in [2.45, 2.75) is 27.3 Å². The number of amides is 1. The Bertz CT molecular complexity index is 787. The highest BCUT2D eigenvalue weighted by Gasteiger charge is 2.06. The zero-order chi connectivity index (χ0) is 20.4. The molecule has 0 aliphatic heterocycles. The van der Waals surface area contributed by atoms with E-state index in [0.29, 0.717) is 18.9 Å². The number of carbonyl (C=O) groups is 1. The van der Waals surface area contributed by atoms with E-state index in [-0.39, 0.29) is 5.91 Å². The number of nitrogens with one attached hydrogen (secondary N) is 2. The van der Waals surface area contributed by atoms with Crippen LogP contribution in [0.1, 0.15) is 25.0 Å². The number of ether oxygens (including phenoxy) is 1. The first-order valence-electron chi connectivity index (χ1n) is 9.53. The Balaban J connectivity index is 1.89. The Labute approximate surface area is 167 Å². The average molecular weight is 383 g/mol. The lowest BCUT2D eigenvalue weighted by Gasteiger charge is -2.22. The predicted molar refractivity (Wildman–Crippen MR) is 115 cm³/mol. The van der Waals surface area contributed by atoms with Gasteiger partial charge in [-0.05, 0) is 31.5 Å². The zero-order valence-electron chi connectivity index (χ0n) is 17.2. The monoisotopic (exact) mass is 382 g/mol. The van der Waals surface area contributed by atoms with Crippen LogP contribution < -0.4 is 15.4 Å².